The van der Waals surface area contributed by atoms with E-state index in [0.717, 1.165) is 34.4 Å². The summed E-state index contributed by atoms with van der Waals surface area (Å²) < 4.78 is 0. The molecule has 6 nitrogen and oxygen atoms in total. The zero-order valence-corrected chi connectivity index (χ0v) is 17.1. The predicted octanol–water partition coefficient (Wildman–Crippen LogP) is 4.55. The largest absolute Gasteiger partial charge is 0.508 e. The highest BCUT2D eigenvalue weighted by Crippen LogP contribution is 2.35. The molecule has 0 aromatic heterocycles. The molecule has 156 valence electrons. The van der Waals surface area contributed by atoms with Gasteiger partial charge in [0, 0.05) is 17.6 Å². The van der Waals surface area contributed by atoms with Gasteiger partial charge in [-0.05, 0) is 48.2 Å². The summed E-state index contributed by atoms with van der Waals surface area (Å²) >= 11 is 0. The number of hydrogen-bond donors (Lipinski definition) is 4. The molecule has 0 aliphatic rings. The molecule has 0 aliphatic carbocycles. The average Bonchev–Trinajstić information content (AvgIpc) is 2.66. The second-order valence-corrected chi connectivity index (χ2v) is 6.71. The Hall–Kier alpha value is -3.54. The van der Waals surface area contributed by atoms with Crippen molar-refractivity contribution < 1.29 is 30.0 Å². The number of carboxylic acids is 2. The molecule has 0 saturated heterocycles. The SMILES string of the molecule is C=CC(=O)O.C=CC(=O)O.Cc1cc(C(C)(C)c2ccc(O)c(C)c2)ccc1O. The van der Waals surface area contributed by atoms with Crippen LogP contribution in [0.1, 0.15) is 36.1 Å². The molecule has 2 rings (SSSR count). The molecule has 0 fully saturated rings. The highest BCUT2D eigenvalue weighted by molar-refractivity contribution is 5.79. The first-order valence-electron chi connectivity index (χ1n) is 8.67. The van der Waals surface area contributed by atoms with Crippen molar-refractivity contribution in [3.05, 3.63) is 84.0 Å². The molecule has 0 spiro atoms. The van der Waals surface area contributed by atoms with Crippen molar-refractivity contribution in [2.75, 3.05) is 0 Å². The summed E-state index contributed by atoms with van der Waals surface area (Å²) in [5.74, 6) is -1.32. The maximum atomic E-state index is 9.63. The van der Waals surface area contributed by atoms with E-state index >= 15 is 0 Å². The molecule has 0 heterocycles. The van der Waals surface area contributed by atoms with Crippen molar-refractivity contribution in [1.29, 1.82) is 0 Å². The Labute approximate surface area is 171 Å². The van der Waals surface area contributed by atoms with E-state index in [-0.39, 0.29) is 5.41 Å². The van der Waals surface area contributed by atoms with Gasteiger partial charge >= 0.3 is 11.9 Å². The van der Waals surface area contributed by atoms with E-state index < -0.39 is 11.9 Å². The minimum absolute atomic E-state index is 0.170. The first kappa shape index (κ1) is 25.5. The molecule has 6 heteroatoms. The number of carboxylic acid groups (broad SMARTS) is 2. The maximum Gasteiger partial charge on any atom is 0.327 e. The molecule has 4 N–H and O–H groups in total. The van der Waals surface area contributed by atoms with Crippen LogP contribution < -0.4 is 0 Å². The van der Waals surface area contributed by atoms with Crippen LogP contribution in [0.25, 0.3) is 0 Å². The van der Waals surface area contributed by atoms with Crippen LogP contribution in [-0.4, -0.2) is 32.4 Å². The van der Waals surface area contributed by atoms with Crippen LogP contribution in [0.2, 0.25) is 0 Å². The molecular formula is C23H28O6. The third-order valence-electron chi connectivity index (χ3n) is 4.19. The summed E-state index contributed by atoms with van der Waals surface area (Å²) in [7, 11) is 0. The fourth-order valence-electron chi connectivity index (χ4n) is 2.26. The van der Waals surface area contributed by atoms with Gasteiger partial charge in [0.05, 0.1) is 0 Å². The van der Waals surface area contributed by atoms with Crippen LogP contribution in [-0.2, 0) is 15.0 Å². The Balaban J connectivity index is 0.000000653. The molecule has 0 saturated carbocycles. The van der Waals surface area contributed by atoms with Gasteiger partial charge in [-0.2, -0.15) is 0 Å². The van der Waals surface area contributed by atoms with E-state index in [4.69, 9.17) is 10.2 Å². The summed E-state index contributed by atoms with van der Waals surface area (Å²) in [5.41, 5.74) is 3.87. The Kier molecular flexibility index (Phi) is 9.95. The minimum Gasteiger partial charge on any atom is -0.508 e. The second kappa shape index (κ2) is 11.3. The minimum atomic E-state index is -0.981. The third kappa shape index (κ3) is 8.34. The van der Waals surface area contributed by atoms with E-state index in [1.54, 1.807) is 12.1 Å². The number of aliphatic carboxylic acids is 2. The van der Waals surface area contributed by atoms with Crippen LogP contribution in [0.15, 0.2) is 61.7 Å². The first-order chi connectivity index (χ1) is 13.4. The number of carbonyl (C=O) groups is 2. The van der Waals surface area contributed by atoms with Crippen molar-refractivity contribution >= 4 is 11.9 Å². The molecule has 2 aromatic rings. The summed E-state index contributed by atoms with van der Waals surface area (Å²) in [6.45, 7) is 14.0. The summed E-state index contributed by atoms with van der Waals surface area (Å²) in [4.78, 5) is 18.5. The number of benzene rings is 2. The monoisotopic (exact) mass is 400 g/mol. The zero-order chi connectivity index (χ0) is 22.8. The van der Waals surface area contributed by atoms with Gasteiger partial charge in [0.15, 0.2) is 0 Å². The van der Waals surface area contributed by atoms with Crippen molar-refractivity contribution in [3.8, 4) is 11.5 Å². The number of aryl methyl sites for hydroxylation is 2. The van der Waals surface area contributed by atoms with Crippen LogP contribution >= 0.6 is 0 Å². The smallest absolute Gasteiger partial charge is 0.327 e. The Morgan fingerprint density at radius 2 is 1.07 bits per heavy atom. The molecule has 2 aromatic carbocycles. The third-order valence-corrected chi connectivity index (χ3v) is 4.19. The number of hydrogen-bond acceptors (Lipinski definition) is 4. The average molecular weight is 400 g/mol. The number of rotatable bonds is 4. The van der Waals surface area contributed by atoms with Crippen molar-refractivity contribution in [1.82, 2.24) is 0 Å². The van der Waals surface area contributed by atoms with E-state index in [9.17, 15) is 19.8 Å². The van der Waals surface area contributed by atoms with E-state index in [1.165, 1.54) is 0 Å². The topological polar surface area (TPSA) is 115 Å². The fraction of sp³-hybridized carbons (Fsp3) is 0.217. The van der Waals surface area contributed by atoms with Gasteiger partial charge in [-0.1, -0.05) is 51.3 Å². The summed E-state index contributed by atoms with van der Waals surface area (Å²) in [6.07, 6.45) is 1.67. The van der Waals surface area contributed by atoms with Crippen molar-refractivity contribution in [2.45, 2.75) is 33.1 Å². The lowest BCUT2D eigenvalue weighted by molar-refractivity contribution is -0.132. The van der Waals surface area contributed by atoms with E-state index in [2.05, 4.69) is 27.0 Å². The van der Waals surface area contributed by atoms with Crippen molar-refractivity contribution in [2.24, 2.45) is 0 Å². The molecule has 0 radical (unpaired) electrons. The molecule has 0 unspecified atom stereocenters. The normalized spacial score (nSPS) is 9.79. The highest BCUT2D eigenvalue weighted by Gasteiger charge is 2.24. The number of aromatic hydroxyl groups is 2. The molecule has 0 atom stereocenters. The van der Waals surface area contributed by atoms with Crippen LogP contribution in [0.3, 0.4) is 0 Å². The number of phenolic OH excluding ortho intramolecular Hbond substituents is 2. The number of phenols is 2. The van der Waals surface area contributed by atoms with Crippen LogP contribution in [0.5, 0.6) is 11.5 Å². The second-order valence-electron chi connectivity index (χ2n) is 6.71. The molecule has 29 heavy (non-hydrogen) atoms. The van der Waals surface area contributed by atoms with Crippen molar-refractivity contribution in [3.63, 3.8) is 0 Å². The van der Waals surface area contributed by atoms with Gasteiger partial charge in [-0.15, -0.1) is 0 Å². The standard InChI is InChI=1S/C17H20O2.2C3H4O2/c1-11-9-13(5-7-15(11)18)17(3,4)14-6-8-16(19)12(2)10-14;2*1-2-3(4)5/h5-10,18-19H,1-4H3;2*2H,1H2,(H,4,5). The molecular weight excluding hydrogens is 372 g/mol. The maximum absolute atomic E-state index is 9.63. The Morgan fingerprint density at radius 1 is 0.793 bits per heavy atom. The first-order valence-corrected chi connectivity index (χ1v) is 8.67. The lowest BCUT2D eigenvalue weighted by atomic mass is 9.77. The zero-order valence-electron chi connectivity index (χ0n) is 17.1. The summed E-state index contributed by atoms with van der Waals surface area (Å²) in [6, 6.07) is 11.4. The molecule has 0 aliphatic heterocycles. The quantitative estimate of drug-likeness (QED) is 0.560. The van der Waals surface area contributed by atoms with Gasteiger partial charge in [-0.3, -0.25) is 0 Å². The molecule has 0 amide bonds. The van der Waals surface area contributed by atoms with Crippen LogP contribution in [0, 0.1) is 13.8 Å². The predicted molar refractivity (Wildman–Crippen MR) is 113 cm³/mol. The van der Waals surface area contributed by atoms with Gasteiger partial charge in [0.25, 0.3) is 0 Å². The van der Waals surface area contributed by atoms with E-state index in [0.29, 0.717) is 11.5 Å². The van der Waals surface area contributed by atoms with Gasteiger partial charge < -0.3 is 20.4 Å². The Morgan fingerprint density at radius 3 is 1.28 bits per heavy atom. The lowest BCUT2D eigenvalue weighted by Crippen LogP contribution is -2.19. The van der Waals surface area contributed by atoms with Gasteiger partial charge in [0.1, 0.15) is 11.5 Å². The Bertz CT molecular complexity index is 809. The van der Waals surface area contributed by atoms with Gasteiger partial charge in [0.2, 0.25) is 0 Å². The molecule has 0 bridgehead atoms. The summed E-state index contributed by atoms with van der Waals surface area (Å²) in [5, 5.41) is 34.5. The fourth-order valence-corrected chi connectivity index (χ4v) is 2.26. The highest BCUT2D eigenvalue weighted by atomic mass is 16.4. The van der Waals surface area contributed by atoms with Crippen LogP contribution in [0.4, 0.5) is 0 Å². The van der Waals surface area contributed by atoms with E-state index in [1.807, 2.05) is 38.1 Å². The van der Waals surface area contributed by atoms with Gasteiger partial charge in [-0.25, -0.2) is 9.59 Å². The lowest BCUT2D eigenvalue weighted by Gasteiger charge is -2.27.